The van der Waals surface area contributed by atoms with Crippen LogP contribution in [-0.2, 0) is 15.1 Å². The number of carboxylic acids is 1. The Kier molecular flexibility index (Phi) is 2.42. The molecule has 72 valence electrons. The maximum Gasteiger partial charge on any atom is 1.00 e. The van der Waals surface area contributed by atoms with Crippen LogP contribution in [0, 0.1) is 0 Å². The van der Waals surface area contributed by atoms with Gasteiger partial charge in [-0.25, -0.2) is 0 Å². The first-order chi connectivity index (χ1) is 6.74. The SMILES string of the molecule is O=C([O-])[C@]12CC[C@H](O1)c1ccccc12.[Li+]. The molecule has 2 aliphatic heterocycles. The van der Waals surface area contributed by atoms with Gasteiger partial charge in [0.05, 0.1) is 12.1 Å². The van der Waals surface area contributed by atoms with E-state index in [1.54, 1.807) is 0 Å². The monoisotopic (exact) mass is 196 g/mol. The molecule has 1 saturated heterocycles. The Morgan fingerprint density at radius 2 is 2.20 bits per heavy atom. The summed E-state index contributed by atoms with van der Waals surface area (Å²) in [6.45, 7) is 0. The third-order valence-corrected chi connectivity index (χ3v) is 3.17. The van der Waals surface area contributed by atoms with E-state index in [1.165, 1.54) is 0 Å². The van der Waals surface area contributed by atoms with Crippen LogP contribution in [0.15, 0.2) is 24.3 Å². The molecular formula is C11H9LiO3. The van der Waals surface area contributed by atoms with E-state index in [2.05, 4.69) is 0 Å². The number of benzene rings is 1. The van der Waals surface area contributed by atoms with E-state index in [1.807, 2.05) is 24.3 Å². The average Bonchev–Trinajstić information content (AvgIpc) is 2.75. The standard InChI is InChI=1S/C11H10O3.Li/c12-10(13)11-6-5-9(14-11)7-3-1-2-4-8(7)11;/h1-4,9H,5-6H2,(H,12,13);/q;+1/p-1/t9-,11+;/m0./s1. The van der Waals surface area contributed by atoms with Crippen LogP contribution in [0.3, 0.4) is 0 Å². The normalized spacial score (nSPS) is 30.8. The molecule has 0 aliphatic carbocycles. The molecule has 2 aliphatic rings. The predicted molar refractivity (Wildman–Crippen MR) is 46.2 cm³/mol. The second-order valence-corrected chi connectivity index (χ2v) is 3.85. The molecule has 0 spiro atoms. The summed E-state index contributed by atoms with van der Waals surface area (Å²) in [7, 11) is 0. The maximum absolute atomic E-state index is 11.1. The molecule has 0 radical (unpaired) electrons. The minimum atomic E-state index is -1.15. The summed E-state index contributed by atoms with van der Waals surface area (Å²) >= 11 is 0. The number of carboxylic acid groups (broad SMARTS) is 1. The van der Waals surface area contributed by atoms with Crippen LogP contribution in [0.25, 0.3) is 0 Å². The number of fused-ring (bicyclic) bond motifs is 5. The number of aliphatic carboxylic acids is 1. The second-order valence-electron chi connectivity index (χ2n) is 3.85. The van der Waals surface area contributed by atoms with Crippen LogP contribution in [0.2, 0.25) is 0 Å². The van der Waals surface area contributed by atoms with Crippen molar-refractivity contribution >= 4 is 5.97 Å². The van der Waals surface area contributed by atoms with Crippen molar-refractivity contribution in [3.05, 3.63) is 35.4 Å². The summed E-state index contributed by atoms with van der Waals surface area (Å²) in [6, 6.07) is 7.51. The van der Waals surface area contributed by atoms with Gasteiger partial charge in [-0.1, -0.05) is 24.3 Å². The minimum Gasteiger partial charge on any atom is -0.547 e. The van der Waals surface area contributed by atoms with Crippen molar-refractivity contribution in [3.8, 4) is 0 Å². The van der Waals surface area contributed by atoms with Crippen molar-refractivity contribution in [2.24, 2.45) is 0 Å². The van der Waals surface area contributed by atoms with E-state index in [9.17, 15) is 9.90 Å². The Balaban J connectivity index is 0.000000853. The van der Waals surface area contributed by atoms with Crippen molar-refractivity contribution in [2.45, 2.75) is 24.5 Å². The van der Waals surface area contributed by atoms with Crippen molar-refractivity contribution in [1.82, 2.24) is 0 Å². The topological polar surface area (TPSA) is 49.4 Å². The third-order valence-electron chi connectivity index (χ3n) is 3.17. The summed E-state index contributed by atoms with van der Waals surface area (Å²) in [6.07, 6.45) is 1.28. The van der Waals surface area contributed by atoms with Crippen molar-refractivity contribution in [1.29, 1.82) is 0 Å². The molecule has 3 rings (SSSR count). The zero-order valence-electron chi connectivity index (χ0n) is 8.53. The maximum atomic E-state index is 11.1. The first kappa shape index (κ1) is 10.8. The van der Waals surface area contributed by atoms with Gasteiger partial charge < -0.3 is 14.6 Å². The Hall–Kier alpha value is -0.753. The third kappa shape index (κ3) is 1.21. The number of rotatable bonds is 1. The fourth-order valence-electron chi connectivity index (χ4n) is 2.52. The molecule has 0 N–H and O–H groups in total. The molecule has 0 saturated carbocycles. The van der Waals surface area contributed by atoms with Crippen LogP contribution >= 0.6 is 0 Å². The van der Waals surface area contributed by atoms with Crippen LogP contribution in [0.1, 0.15) is 30.1 Å². The summed E-state index contributed by atoms with van der Waals surface area (Å²) in [5.41, 5.74) is 0.653. The zero-order valence-corrected chi connectivity index (χ0v) is 8.53. The van der Waals surface area contributed by atoms with Gasteiger partial charge >= 0.3 is 18.9 Å². The number of ether oxygens (including phenoxy) is 1. The van der Waals surface area contributed by atoms with Gasteiger partial charge in [-0.05, 0) is 24.0 Å². The Labute approximate surface area is 99.6 Å². The van der Waals surface area contributed by atoms with Gasteiger partial charge in [0.25, 0.3) is 0 Å². The summed E-state index contributed by atoms with van der Waals surface area (Å²) in [5, 5.41) is 11.1. The first-order valence-electron chi connectivity index (χ1n) is 4.73. The van der Waals surface area contributed by atoms with Gasteiger partial charge in [-0.2, -0.15) is 0 Å². The van der Waals surface area contributed by atoms with E-state index < -0.39 is 11.6 Å². The molecule has 2 atom stereocenters. The minimum absolute atomic E-state index is 0. The fraction of sp³-hybridized carbons (Fsp3) is 0.364. The molecule has 1 fully saturated rings. The molecule has 2 bridgehead atoms. The molecule has 3 nitrogen and oxygen atoms in total. The molecule has 0 amide bonds. The smallest absolute Gasteiger partial charge is 0.547 e. The van der Waals surface area contributed by atoms with E-state index in [4.69, 9.17) is 4.74 Å². The van der Waals surface area contributed by atoms with E-state index in [0.29, 0.717) is 6.42 Å². The number of carbonyl (C=O) groups is 1. The van der Waals surface area contributed by atoms with Gasteiger partial charge in [0.2, 0.25) is 0 Å². The molecule has 4 heteroatoms. The van der Waals surface area contributed by atoms with E-state index in [0.717, 1.165) is 17.5 Å². The summed E-state index contributed by atoms with van der Waals surface area (Å²) in [4.78, 5) is 11.1. The van der Waals surface area contributed by atoms with Crippen LogP contribution in [-0.4, -0.2) is 5.97 Å². The quantitative estimate of drug-likeness (QED) is 0.466. The van der Waals surface area contributed by atoms with Gasteiger partial charge in [0.1, 0.15) is 5.60 Å². The van der Waals surface area contributed by atoms with Gasteiger partial charge in [0.15, 0.2) is 0 Å². The largest absolute Gasteiger partial charge is 1.00 e. The molecule has 1 aromatic rings. The molecule has 15 heavy (non-hydrogen) atoms. The molecular weight excluding hydrogens is 187 g/mol. The summed E-state index contributed by atoms with van der Waals surface area (Å²) < 4.78 is 5.53. The van der Waals surface area contributed by atoms with Crippen LogP contribution in [0.4, 0.5) is 0 Å². The van der Waals surface area contributed by atoms with Crippen LogP contribution in [0.5, 0.6) is 0 Å². The van der Waals surface area contributed by atoms with Gasteiger partial charge in [-0.15, -0.1) is 0 Å². The van der Waals surface area contributed by atoms with Crippen molar-refractivity contribution < 1.29 is 33.5 Å². The van der Waals surface area contributed by atoms with Gasteiger partial charge in [-0.3, -0.25) is 0 Å². The molecule has 2 heterocycles. The van der Waals surface area contributed by atoms with Gasteiger partial charge in [0, 0.05) is 0 Å². The fourth-order valence-corrected chi connectivity index (χ4v) is 2.52. The summed E-state index contributed by atoms with van der Waals surface area (Å²) in [5.74, 6) is -1.11. The molecule has 0 unspecified atom stereocenters. The van der Waals surface area contributed by atoms with E-state index >= 15 is 0 Å². The van der Waals surface area contributed by atoms with E-state index in [-0.39, 0.29) is 25.0 Å². The van der Waals surface area contributed by atoms with Crippen molar-refractivity contribution in [2.75, 3.05) is 0 Å². The number of hydrogen-bond acceptors (Lipinski definition) is 3. The van der Waals surface area contributed by atoms with Crippen LogP contribution < -0.4 is 24.0 Å². The Morgan fingerprint density at radius 1 is 1.47 bits per heavy atom. The zero-order chi connectivity index (χ0) is 9.76. The molecule has 1 aromatic carbocycles. The predicted octanol–water partition coefficient (Wildman–Crippen LogP) is -2.50. The first-order valence-corrected chi connectivity index (χ1v) is 4.73. The Bertz CT molecular complexity index is 418. The molecule has 0 aromatic heterocycles. The number of hydrogen-bond donors (Lipinski definition) is 0. The van der Waals surface area contributed by atoms with Crippen molar-refractivity contribution in [3.63, 3.8) is 0 Å². The number of carbonyl (C=O) groups excluding carboxylic acids is 1. The second kappa shape index (κ2) is 3.38. The Morgan fingerprint density at radius 3 is 2.93 bits per heavy atom. The average molecular weight is 196 g/mol.